The van der Waals surface area contributed by atoms with E-state index in [0.717, 1.165) is 19.5 Å². The van der Waals surface area contributed by atoms with Crippen LogP contribution in [-0.2, 0) is 4.79 Å². The molecule has 6 heteroatoms. The third-order valence-corrected chi connectivity index (χ3v) is 3.14. The highest BCUT2D eigenvalue weighted by atomic mass is 16.2. The van der Waals surface area contributed by atoms with Gasteiger partial charge in [-0.1, -0.05) is 0 Å². The van der Waals surface area contributed by atoms with Gasteiger partial charge in [0.1, 0.15) is 5.69 Å². The van der Waals surface area contributed by atoms with E-state index in [1.165, 1.54) is 0 Å². The lowest BCUT2D eigenvalue weighted by Crippen LogP contribution is -2.49. The Hall–Kier alpha value is -1.66. The molecule has 1 fully saturated rings. The smallest absolute Gasteiger partial charge is 0.274 e. The number of aromatic amines is 1. The van der Waals surface area contributed by atoms with Crippen LogP contribution < -0.4 is 16.0 Å². The number of aromatic nitrogens is 1. The SMILES string of the molecule is CC1(NCC(=O)NC(=O)c2ccc[nH]2)CCNC1. The highest BCUT2D eigenvalue weighted by Crippen LogP contribution is 2.12. The van der Waals surface area contributed by atoms with Crippen molar-refractivity contribution in [2.45, 2.75) is 18.9 Å². The highest BCUT2D eigenvalue weighted by Gasteiger charge is 2.28. The highest BCUT2D eigenvalue weighted by molar-refractivity contribution is 6.04. The number of hydrogen-bond donors (Lipinski definition) is 4. The molecule has 0 radical (unpaired) electrons. The largest absolute Gasteiger partial charge is 0.357 e. The normalized spacial score (nSPS) is 22.9. The molecule has 0 bridgehead atoms. The number of imide groups is 1. The summed E-state index contributed by atoms with van der Waals surface area (Å²) in [5, 5.41) is 8.74. The fourth-order valence-electron chi connectivity index (χ4n) is 1.97. The molecule has 0 saturated carbocycles. The van der Waals surface area contributed by atoms with Crippen LogP contribution in [0, 0.1) is 0 Å². The molecule has 1 aromatic heterocycles. The summed E-state index contributed by atoms with van der Waals surface area (Å²) in [7, 11) is 0. The van der Waals surface area contributed by atoms with Crippen molar-refractivity contribution in [2.24, 2.45) is 0 Å². The van der Waals surface area contributed by atoms with Gasteiger partial charge >= 0.3 is 0 Å². The Morgan fingerprint density at radius 3 is 2.94 bits per heavy atom. The maximum absolute atomic E-state index is 11.6. The predicted molar refractivity (Wildman–Crippen MR) is 67.2 cm³/mol. The van der Waals surface area contributed by atoms with E-state index in [4.69, 9.17) is 0 Å². The summed E-state index contributed by atoms with van der Waals surface area (Å²) in [5.41, 5.74) is 0.324. The maximum atomic E-state index is 11.6. The average Bonchev–Trinajstić information content (AvgIpc) is 2.98. The topological polar surface area (TPSA) is 86.0 Å². The van der Waals surface area contributed by atoms with Crippen molar-refractivity contribution >= 4 is 11.8 Å². The molecule has 0 spiro atoms. The molecule has 1 aliphatic rings. The molecule has 0 aliphatic carbocycles. The fraction of sp³-hybridized carbons (Fsp3) is 0.500. The lowest BCUT2D eigenvalue weighted by molar-refractivity contribution is -0.119. The minimum atomic E-state index is -0.401. The van der Waals surface area contributed by atoms with Gasteiger partial charge in [0.15, 0.2) is 0 Å². The minimum absolute atomic E-state index is 0.0627. The van der Waals surface area contributed by atoms with Crippen LogP contribution in [0.3, 0.4) is 0 Å². The van der Waals surface area contributed by atoms with Gasteiger partial charge in [0, 0.05) is 18.3 Å². The monoisotopic (exact) mass is 250 g/mol. The Morgan fingerprint density at radius 1 is 1.50 bits per heavy atom. The van der Waals surface area contributed by atoms with Crippen molar-refractivity contribution in [2.75, 3.05) is 19.6 Å². The zero-order valence-corrected chi connectivity index (χ0v) is 10.4. The van der Waals surface area contributed by atoms with Crippen LogP contribution in [0.5, 0.6) is 0 Å². The summed E-state index contributed by atoms with van der Waals surface area (Å²) in [4.78, 5) is 26.0. The molecule has 1 aliphatic heterocycles. The van der Waals surface area contributed by atoms with Gasteiger partial charge in [-0.15, -0.1) is 0 Å². The van der Waals surface area contributed by atoms with Crippen LogP contribution in [0.2, 0.25) is 0 Å². The van der Waals surface area contributed by atoms with Gasteiger partial charge < -0.3 is 15.6 Å². The number of rotatable bonds is 4. The van der Waals surface area contributed by atoms with Crippen molar-refractivity contribution in [3.63, 3.8) is 0 Å². The van der Waals surface area contributed by atoms with E-state index in [0.29, 0.717) is 5.69 Å². The predicted octanol–water partition coefficient (Wildman–Crippen LogP) is -0.387. The maximum Gasteiger partial charge on any atom is 0.274 e. The van der Waals surface area contributed by atoms with Gasteiger partial charge in [-0.05, 0) is 32.0 Å². The molecule has 1 atom stereocenters. The minimum Gasteiger partial charge on any atom is -0.357 e. The van der Waals surface area contributed by atoms with E-state index in [2.05, 4.69) is 27.9 Å². The van der Waals surface area contributed by atoms with E-state index >= 15 is 0 Å². The van der Waals surface area contributed by atoms with E-state index in [1.807, 2.05) is 0 Å². The van der Waals surface area contributed by atoms with Crippen LogP contribution in [0.1, 0.15) is 23.8 Å². The van der Waals surface area contributed by atoms with Crippen LogP contribution in [0.25, 0.3) is 0 Å². The van der Waals surface area contributed by atoms with E-state index in [9.17, 15) is 9.59 Å². The molecule has 98 valence electrons. The molecular weight excluding hydrogens is 232 g/mol. The quantitative estimate of drug-likeness (QED) is 0.586. The Balaban J connectivity index is 1.77. The molecular formula is C12H18N4O2. The Morgan fingerprint density at radius 2 is 2.33 bits per heavy atom. The van der Waals surface area contributed by atoms with Gasteiger partial charge in [-0.25, -0.2) is 0 Å². The molecule has 0 aromatic carbocycles. The average molecular weight is 250 g/mol. The van der Waals surface area contributed by atoms with Crippen molar-refractivity contribution < 1.29 is 9.59 Å². The Kier molecular flexibility index (Phi) is 3.78. The van der Waals surface area contributed by atoms with Gasteiger partial charge in [-0.3, -0.25) is 14.9 Å². The summed E-state index contributed by atoms with van der Waals surface area (Å²) in [6, 6.07) is 3.33. The van der Waals surface area contributed by atoms with Crippen molar-refractivity contribution in [1.82, 2.24) is 20.9 Å². The van der Waals surface area contributed by atoms with Crippen LogP contribution >= 0.6 is 0 Å². The van der Waals surface area contributed by atoms with Crippen LogP contribution in [0.4, 0.5) is 0 Å². The third-order valence-electron chi connectivity index (χ3n) is 3.14. The standard InChI is InChI=1S/C12H18N4O2/c1-12(4-6-13-8-12)15-7-10(17)16-11(18)9-3-2-5-14-9/h2-3,5,13-15H,4,6-8H2,1H3,(H,16,17,18). The first-order chi connectivity index (χ1) is 8.59. The van der Waals surface area contributed by atoms with Gasteiger partial charge in [0.25, 0.3) is 5.91 Å². The Bertz CT molecular complexity index is 421. The fourth-order valence-corrected chi connectivity index (χ4v) is 1.97. The van der Waals surface area contributed by atoms with Gasteiger partial charge in [-0.2, -0.15) is 0 Å². The second kappa shape index (κ2) is 5.32. The van der Waals surface area contributed by atoms with Crippen molar-refractivity contribution in [3.05, 3.63) is 24.0 Å². The zero-order valence-electron chi connectivity index (χ0n) is 10.4. The second-order valence-electron chi connectivity index (χ2n) is 4.80. The molecule has 4 N–H and O–H groups in total. The van der Waals surface area contributed by atoms with Crippen molar-refractivity contribution in [1.29, 1.82) is 0 Å². The molecule has 18 heavy (non-hydrogen) atoms. The van der Waals surface area contributed by atoms with Gasteiger partial charge in [0.2, 0.25) is 5.91 Å². The lowest BCUT2D eigenvalue weighted by atomic mass is 10.0. The lowest BCUT2D eigenvalue weighted by Gasteiger charge is -2.23. The summed E-state index contributed by atoms with van der Waals surface area (Å²) in [6.07, 6.45) is 2.62. The molecule has 2 rings (SSSR count). The molecule has 2 amide bonds. The van der Waals surface area contributed by atoms with Crippen LogP contribution in [-0.4, -0.2) is 42.0 Å². The number of carbonyl (C=O) groups is 2. The molecule has 2 heterocycles. The van der Waals surface area contributed by atoms with E-state index < -0.39 is 5.91 Å². The molecule has 1 aromatic rings. The van der Waals surface area contributed by atoms with E-state index in [-0.39, 0.29) is 18.0 Å². The third kappa shape index (κ3) is 3.18. The number of nitrogens with one attached hydrogen (secondary N) is 4. The molecule has 1 saturated heterocycles. The molecule has 6 nitrogen and oxygen atoms in total. The first-order valence-corrected chi connectivity index (χ1v) is 6.02. The summed E-state index contributed by atoms with van der Waals surface area (Å²) in [6.45, 7) is 4.00. The van der Waals surface area contributed by atoms with Crippen LogP contribution in [0.15, 0.2) is 18.3 Å². The Labute approximate surface area is 106 Å². The first kappa shape index (κ1) is 12.8. The number of amides is 2. The number of carbonyl (C=O) groups excluding carboxylic acids is 2. The van der Waals surface area contributed by atoms with E-state index in [1.54, 1.807) is 18.3 Å². The number of H-pyrrole nitrogens is 1. The first-order valence-electron chi connectivity index (χ1n) is 6.02. The molecule has 1 unspecified atom stereocenters. The van der Waals surface area contributed by atoms with Gasteiger partial charge in [0.05, 0.1) is 6.54 Å². The summed E-state index contributed by atoms with van der Waals surface area (Å²) < 4.78 is 0. The zero-order chi connectivity index (χ0) is 13.0. The number of hydrogen-bond acceptors (Lipinski definition) is 4. The summed E-state index contributed by atoms with van der Waals surface area (Å²) >= 11 is 0. The van der Waals surface area contributed by atoms with Crippen molar-refractivity contribution in [3.8, 4) is 0 Å². The summed E-state index contributed by atoms with van der Waals surface area (Å²) in [5.74, 6) is -0.718. The second-order valence-corrected chi connectivity index (χ2v) is 4.80.